The van der Waals surface area contributed by atoms with Gasteiger partial charge in [-0.05, 0) is 62.4 Å². The summed E-state index contributed by atoms with van der Waals surface area (Å²) in [4.78, 5) is 2.64. The number of hydrogen-bond acceptors (Lipinski definition) is 2. The number of hydrogen-bond donors (Lipinski definition) is 1. The zero-order valence-electron chi connectivity index (χ0n) is 12.3. The number of rotatable bonds is 5. The largest absolute Gasteiger partial charge is 0.399 e. The molecule has 1 fully saturated rings. The molecule has 1 atom stereocenters. The molecule has 2 N–H and O–H groups in total. The Morgan fingerprint density at radius 3 is 2.68 bits per heavy atom. The minimum Gasteiger partial charge on any atom is -0.399 e. The monoisotopic (exact) mass is 260 g/mol. The lowest BCUT2D eigenvalue weighted by Crippen LogP contribution is -2.27. The fraction of sp³-hybridized carbons (Fsp3) is 0.647. The molecule has 106 valence electrons. The number of anilines is 1. The van der Waals surface area contributed by atoms with Crippen LogP contribution in [0.15, 0.2) is 24.3 Å². The van der Waals surface area contributed by atoms with Crippen LogP contribution in [0.4, 0.5) is 5.69 Å². The molecule has 0 bridgehead atoms. The first-order valence-corrected chi connectivity index (χ1v) is 7.84. The second kappa shape index (κ2) is 7.54. The Bertz CT molecular complexity index is 358. The van der Waals surface area contributed by atoms with Gasteiger partial charge in [0.05, 0.1) is 0 Å². The second-order valence-electron chi connectivity index (χ2n) is 5.92. The Balaban J connectivity index is 1.75. The van der Waals surface area contributed by atoms with Crippen molar-refractivity contribution in [1.82, 2.24) is 4.90 Å². The molecule has 2 nitrogen and oxygen atoms in total. The van der Waals surface area contributed by atoms with E-state index < -0.39 is 0 Å². The summed E-state index contributed by atoms with van der Waals surface area (Å²) < 4.78 is 0. The van der Waals surface area contributed by atoms with Gasteiger partial charge in [-0.25, -0.2) is 0 Å². The third-order valence-electron chi connectivity index (χ3n) is 4.33. The number of likely N-dealkylation sites (tertiary alicyclic amines) is 1. The predicted molar refractivity (Wildman–Crippen MR) is 83.2 cm³/mol. The Morgan fingerprint density at radius 1 is 1.16 bits per heavy atom. The van der Waals surface area contributed by atoms with Gasteiger partial charge in [0, 0.05) is 12.2 Å². The van der Waals surface area contributed by atoms with Crippen molar-refractivity contribution in [2.24, 2.45) is 5.92 Å². The molecule has 0 radical (unpaired) electrons. The molecule has 1 aliphatic heterocycles. The highest BCUT2D eigenvalue weighted by Crippen LogP contribution is 2.22. The minimum atomic E-state index is 0.862. The minimum absolute atomic E-state index is 0.862. The normalized spacial score (nSPS) is 21.2. The first-order valence-electron chi connectivity index (χ1n) is 7.84. The maximum Gasteiger partial charge on any atom is 0.0314 e. The van der Waals surface area contributed by atoms with Crippen LogP contribution < -0.4 is 5.73 Å². The van der Waals surface area contributed by atoms with Crippen LogP contribution in [-0.4, -0.2) is 24.5 Å². The van der Waals surface area contributed by atoms with Crippen molar-refractivity contribution in [3.63, 3.8) is 0 Å². The van der Waals surface area contributed by atoms with Crippen LogP contribution in [0.25, 0.3) is 0 Å². The molecule has 19 heavy (non-hydrogen) atoms. The van der Waals surface area contributed by atoms with E-state index in [1.165, 1.54) is 57.3 Å². The Morgan fingerprint density at radius 2 is 1.95 bits per heavy atom. The van der Waals surface area contributed by atoms with E-state index in [2.05, 4.69) is 24.0 Å². The van der Waals surface area contributed by atoms with Crippen molar-refractivity contribution in [2.45, 2.75) is 45.4 Å². The van der Waals surface area contributed by atoms with Gasteiger partial charge in [-0.3, -0.25) is 0 Å². The Kier molecular flexibility index (Phi) is 5.71. The molecule has 1 heterocycles. The average molecular weight is 260 g/mol. The summed E-state index contributed by atoms with van der Waals surface area (Å²) in [7, 11) is 0. The van der Waals surface area contributed by atoms with E-state index >= 15 is 0 Å². The van der Waals surface area contributed by atoms with Crippen LogP contribution in [-0.2, 0) is 6.42 Å². The van der Waals surface area contributed by atoms with Crippen LogP contribution in [0.5, 0.6) is 0 Å². The lowest BCUT2D eigenvalue weighted by molar-refractivity contribution is 0.282. The Labute approximate surface area is 118 Å². The summed E-state index contributed by atoms with van der Waals surface area (Å²) in [6.07, 6.45) is 8.13. The van der Waals surface area contributed by atoms with E-state index in [4.69, 9.17) is 5.73 Å². The van der Waals surface area contributed by atoms with Crippen molar-refractivity contribution in [3.05, 3.63) is 29.8 Å². The number of nitrogens with two attached hydrogens (primary N) is 1. The molecule has 1 saturated heterocycles. The molecule has 0 aliphatic carbocycles. The first-order chi connectivity index (χ1) is 9.28. The van der Waals surface area contributed by atoms with Crippen LogP contribution >= 0.6 is 0 Å². The molecule has 2 heteroatoms. The molecule has 2 rings (SSSR count). The Hall–Kier alpha value is -1.02. The molecule has 1 aromatic rings. The molecule has 1 aliphatic rings. The quantitative estimate of drug-likeness (QED) is 0.818. The standard InChI is InChI=1S/C17H28N2/c1-2-4-15-5-3-12-19(13-10-15)14-11-16-6-8-17(18)9-7-16/h6-9,15H,2-5,10-14,18H2,1H3. The maximum absolute atomic E-state index is 5.72. The van der Waals surface area contributed by atoms with Gasteiger partial charge in [0.25, 0.3) is 0 Å². The molecule has 1 unspecified atom stereocenters. The van der Waals surface area contributed by atoms with Gasteiger partial charge >= 0.3 is 0 Å². The summed E-state index contributed by atoms with van der Waals surface area (Å²) in [5, 5.41) is 0. The fourth-order valence-electron chi connectivity index (χ4n) is 3.12. The van der Waals surface area contributed by atoms with Crippen LogP contribution in [0.1, 0.15) is 44.6 Å². The van der Waals surface area contributed by atoms with Crippen LogP contribution in [0.3, 0.4) is 0 Å². The highest BCUT2D eigenvalue weighted by molar-refractivity contribution is 5.39. The van der Waals surface area contributed by atoms with E-state index in [-0.39, 0.29) is 0 Å². The van der Waals surface area contributed by atoms with E-state index in [9.17, 15) is 0 Å². The van der Waals surface area contributed by atoms with Crippen LogP contribution in [0.2, 0.25) is 0 Å². The van der Waals surface area contributed by atoms with Crippen molar-refractivity contribution in [1.29, 1.82) is 0 Å². The first kappa shape index (κ1) is 14.4. The number of nitrogen functional groups attached to an aromatic ring is 1. The molecule has 0 spiro atoms. The van der Waals surface area contributed by atoms with Crippen molar-refractivity contribution < 1.29 is 0 Å². The molecular formula is C17H28N2. The highest BCUT2D eigenvalue weighted by Gasteiger charge is 2.15. The van der Waals surface area contributed by atoms with Gasteiger partial charge in [-0.1, -0.05) is 31.9 Å². The molecule has 0 aromatic heterocycles. The zero-order chi connectivity index (χ0) is 13.5. The molecular weight excluding hydrogens is 232 g/mol. The summed E-state index contributed by atoms with van der Waals surface area (Å²) in [6, 6.07) is 8.34. The predicted octanol–water partition coefficient (Wildman–Crippen LogP) is 3.71. The maximum atomic E-state index is 5.72. The van der Waals surface area contributed by atoms with Crippen LogP contribution in [0, 0.1) is 5.92 Å². The van der Waals surface area contributed by atoms with E-state index in [0.717, 1.165) is 18.0 Å². The van der Waals surface area contributed by atoms with Gasteiger partial charge < -0.3 is 10.6 Å². The summed E-state index contributed by atoms with van der Waals surface area (Å²) in [5.74, 6) is 0.978. The topological polar surface area (TPSA) is 29.3 Å². The van der Waals surface area contributed by atoms with Gasteiger partial charge in [0.2, 0.25) is 0 Å². The van der Waals surface area contributed by atoms with E-state index in [0.29, 0.717) is 0 Å². The third-order valence-corrected chi connectivity index (χ3v) is 4.33. The number of nitrogens with zero attached hydrogens (tertiary/aromatic N) is 1. The van der Waals surface area contributed by atoms with Gasteiger partial charge in [-0.2, -0.15) is 0 Å². The second-order valence-corrected chi connectivity index (χ2v) is 5.92. The van der Waals surface area contributed by atoms with Crippen molar-refractivity contribution in [2.75, 3.05) is 25.4 Å². The molecule has 1 aromatic carbocycles. The fourth-order valence-corrected chi connectivity index (χ4v) is 3.12. The highest BCUT2D eigenvalue weighted by atomic mass is 15.1. The lowest BCUT2D eigenvalue weighted by Gasteiger charge is -2.20. The SMILES string of the molecule is CCCC1CCCN(CCc2ccc(N)cc2)CC1. The number of benzene rings is 1. The van der Waals surface area contributed by atoms with Gasteiger partial charge in [-0.15, -0.1) is 0 Å². The van der Waals surface area contributed by atoms with Crippen molar-refractivity contribution in [3.8, 4) is 0 Å². The van der Waals surface area contributed by atoms with Crippen molar-refractivity contribution >= 4 is 5.69 Å². The van der Waals surface area contributed by atoms with E-state index in [1.54, 1.807) is 0 Å². The molecule has 0 saturated carbocycles. The summed E-state index contributed by atoms with van der Waals surface area (Å²) in [5.41, 5.74) is 7.99. The zero-order valence-corrected chi connectivity index (χ0v) is 12.3. The van der Waals surface area contributed by atoms with E-state index in [1.807, 2.05) is 12.1 Å². The summed E-state index contributed by atoms with van der Waals surface area (Å²) in [6.45, 7) is 6.08. The summed E-state index contributed by atoms with van der Waals surface area (Å²) >= 11 is 0. The lowest BCUT2D eigenvalue weighted by atomic mass is 9.96. The van der Waals surface area contributed by atoms with Gasteiger partial charge in [0.1, 0.15) is 0 Å². The smallest absolute Gasteiger partial charge is 0.0314 e. The van der Waals surface area contributed by atoms with Gasteiger partial charge in [0.15, 0.2) is 0 Å². The third kappa shape index (κ3) is 4.87. The molecule has 0 amide bonds. The average Bonchev–Trinajstić information content (AvgIpc) is 2.64.